The number of aromatic nitrogens is 1. The molecule has 3 rings (SSSR count). The molecule has 1 aliphatic heterocycles. The Morgan fingerprint density at radius 3 is 2.69 bits per heavy atom. The maximum absolute atomic E-state index is 13.3. The summed E-state index contributed by atoms with van der Waals surface area (Å²) in [6, 6.07) is 6.51. The summed E-state index contributed by atoms with van der Waals surface area (Å²) in [5, 5.41) is 2.79. The fraction of sp³-hybridized carbons (Fsp3) is 0.316. The molecule has 2 aromatic rings. The molecule has 0 saturated carbocycles. The lowest BCUT2D eigenvalue weighted by atomic mass is 9.96. The molecule has 154 valence electrons. The molecule has 0 radical (unpaired) electrons. The van der Waals surface area contributed by atoms with Gasteiger partial charge in [-0.15, -0.1) is 0 Å². The maximum atomic E-state index is 13.3. The molecule has 0 unspecified atom stereocenters. The molecule has 1 fully saturated rings. The number of nitrogens with zero attached hydrogens (tertiary/aromatic N) is 2. The van der Waals surface area contributed by atoms with Crippen LogP contribution in [0, 0.1) is 5.92 Å². The largest absolute Gasteiger partial charge is 0.419 e. The molecule has 1 aromatic carbocycles. The van der Waals surface area contributed by atoms with Gasteiger partial charge in [-0.2, -0.15) is 13.2 Å². The average Bonchev–Trinajstić information content (AvgIpc) is 2.67. The van der Waals surface area contributed by atoms with Crippen molar-refractivity contribution in [1.29, 1.82) is 0 Å². The smallest absolute Gasteiger partial charge is 0.366 e. The first-order valence-corrected chi connectivity index (χ1v) is 9.22. The van der Waals surface area contributed by atoms with Gasteiger partial charge in [0.1, 0.15) is 5.82 Å². The Bertz CT molecular complexity index is 936. The molecule has 10 heteroatoms. The van der Waals surface area contributed by atoms with Gasteiger partial charge >= 0.3 is 6.18 Å². The van der Waals surface area contributed by atoms with E-state index in [1.165, 1.54) is 35.4 Å². The number of rotatable bonds is 4. The standard InChI is InChI=1S/C19H18ClF3N4O2/c20-15-9-12(5-6-13(15)16(24)28)26-18(29)11-3-2-8-27(10-11)17-14(19(21,22)23)4-1-7-25-17/h1,4-7,9,11H,2-3,8,10H2,(H2,24,28)(H,26,29)/t11-/m0/s1. The molecule has 0 aliphatic carbocycles. The lowest BCUT2D eigenvalue weighted by molar-refractivity contribution is -0.137. The highest BCUT2D eigenvalue weighted by atomic mass is 35.5. The topological polar surface area (TPSA) is 88.3 Å². The summed E-state index contributed by atoms with van der Waals surface area (Å²) >= 11 is 5.98. The van der Waals surface area contributed by atoms with Crippen molar-refractivity contribution in [3.63, 3.8) is 0 Å². The molecule has 3 N–H and O–H groups in total. The van der Waals surface area contributed by atoms with Gasteiger partial charge < -0.3 is 16.0 Å². The van der Waals surface area contributed by atoms with Crippen LogP contribution in [0.1, 0.15) is 28.8 Å². The number of nitrogens with one attached hydrogen (secondary N) is 1. The Kier molecular flexibility index (Phi) is 5.97. The van der Waals surface area contributed by atoms with E-state index >= 15 is 0 Å². The zero-order chi connectivity index (χ0) is 21.2. The number of benzene rings is 1. The fourth-order valence-electron chi connectivity index (χ4n) is 3.29. The number of piperidine rings is 1. The first kappa shape index (κ1) is 20.9. The van der Waals surface area contributed by atoms with Crippen molar-refractivity contribution in [3.8, 4) is 0 Å². The minimum absolute atomic E-state index is 0.101. The molecule has 1 atom stereocenters. The molecule has 6 nitrogen and oxygen atoms in total. The van der Waals surface area contributed by atoms with E-state index in [9.17, 15) is 22.8 Å². The van der Waals surface area contributed by atoms with E-state index in [0.717, 1.165) is 6.07 Å². The highest BCUT2D eigenvalue weighted by Crippen LogP contribution is 2.36. The van der Waals surface area contributed by atoms with Crippen LogP contribution in [-0.4, -0.2) is 29.9 Å². The van der Waals surface area contributed by atoms with Crippen LogP contribution in [0.5, 0.6) is 0 Å². The van der Waals surface area contributed by atoms with Crippen molar-refractivity contribution in [2.24, 2.45) is 11.7 Å². The van der Waals surface area contributed by atoms with Gasteiger partial charge in [0.2, 0.25) is 11.8 Å². The van der Waals surface area contributed by atoms with E-state index in [2.05, 4.69) is 10.3 Å². The normalized spacial score (nSPS) is 17.1. The number of primary amides is 1. The number of hydrogen-bond acceptors (Lipinski definition) is 4. The van der Waals surface area contributed by atoms with Crippen molar-refractivity contribution in [3.05, 3.63) is 52.7 Å². The van der Waals surface area contributed by atoms with Crippen LogP contribution in [0.2, 0.25) is 5.02 Å². The van der Waals surface area contributed by atoms with Crippen LogP contribution in [0.4, 0.5) is 24.7 Å². The molecule has 29 heavy (non-hydrogen) atoms. The zero-order valence-electron chi connectivity index (χ0n) is 15.2. The first-order chi connectivity index (χ1) is 13.7. The van der Waals surface area contributed by atoms with E-state index in [1.54, 1.807) is 0 Å². The third-order valence-electron chi connectivity index (χ3n) is 4.69. The predicted molar refractivity (Wildman–Crippen MR) is 103 cm³/mol. The summed E-state index contributed by atoms with van der Waals surface area (Å²) in [5.41, 5.74) is 4.87. The van der Waals surface area contributed by atoms with Crippen molar-refractivity contribution >= 4 is 34.9 Å². The van der Waals surface area contributed by atoms with Crippen molar-refractivity contribution in [2.45, 2.75) is 19.0 Å². The van der Waals surface area contributed by atoms with Gasteiger partial charge in [0, 0.05) is 25.0 Å². The average molecular weight is 427 g/mol. The van der Waals surface area contributed by atoms with Crippen LogP contribution < -0.4 is 16.0 Å². The molecular weight excluding hydrogens is 409 g/mol. The molecular formula is C19H18ClF3N4O2. The van der Waals surface area contributed by atoms with Gasteiger partial charge in [-0.1, -0.05) is 11.6 Å². The Hall–Kier alpha value is -2.81. The van der Waals surface area contributed by atoms with E-state index < -0.39 is 23.6 Å². The lowest BCUT2D eigenvalue weighted by Crippen LogP contribution is -2.42. The number of carbonyl (C=O) groups is 2. The van der Waals surface area contributed by atoms with Crippen molar-refractivity contribution in [1.82, 2.24) is 4.98 Å². The molecule has 1 saturated heterocycles. The third-order valence-corrected chi connectivity index (χ3v) is 5.00. The second kappa shape index (κ2) is 8.28. The fourth-order valence-corrected chi connectivity index (χ4v) is 3.56. The summed E-state index contributed by atoms with van der Waals surface area (Å²) in [6.07, 6.45) is -2.15. The lowest BCUT2D eigenvalue weighted by Gasteiger charge is -2.34. The summed E-state index contributed by atoms with van der Waals surface area (Å²) in [7, 11) is 0. The highest BCUT2D eigenvalue weighted by molar-refractivity contribution is 6.34. The van der Waals surface area contributed by atoms with Gasteiger partial charge in [-0.05, 0) is 43.2 Å². The Morgan fingerprint density at radius 2 is 2.03 bits per heavy atom. The third kappa shape index (κ3) is 4.79. The Balaban J connectivity index is 1.74. The number of anilines is 2. The summed E-state index contributed by atoms with van der Waals surface area (Å²) in [5.74, 6) is -1.73. The van der Waals surface area contributed by atoms with Crippen molar-refractivity contribution < 1.29 is 22.8 Å². The van der Waals surface area contributed by atoms with Crippen LogP contribution in [0.15, 0.2) is 36.5 Å². The van der Waals surface area contributed by atoms with Crippen LogP contribution >= 0.6 is 11.6 Å². The number of hydrogen-bond donors (Lipinski definition) is 2. The molecule has 2 heterocycles. The Morgan fingerprint density at radius 1 is 1.28 bits per heavy atom. The molecule has 2 amide bonds. The van der Waals surface area contributed by atoms with Gasteiger partial charge in [0.25, 0.3) is 0 Å². The summed E-state index contributed by atoms with van der Waals surface area (Å²) in [4.78, 5) is 29.3. The minimum Gasteiger partial charge on any atom is -0.366 e. The minimum atomic E-state index is -4.53. The zero-order valence-corrected chi connectivity index (χ0v) is 15.9. The second-order valence-corrected chi connectivity index (χ2v) is 7.11. The molecule has 1 aromatic heterocycles. The van der Waals surface area contributed by atoms with Gasteiger partial charge in [0.05, 0.1) is 22.1 Å². The van der Waals surface area contributed by atoms with Crippen molar-refractivity contribution in [2.75, 3.05) is 23.3 Å². The molecule has 0 bridgehead atoms. The highest BCUT2D eigenvalue weighted by Gasteiger charge is 2.37. The van der Waals surface area contributed by atoms with Crippen LogP contribution in [0.25, 0.3) is 0 Å². The SMILES string of the molecule is NC(=O)c1ccc(NC(=O)[C@H]2CCCN(c3ncccc3C(F)(F)F)C2)cc1Cl. The second-order valence-electron chi connectivity index (χ2n) is 6.71. The van der Waals surface area contributed by atoms with Gasteiger partial charge in [-0.3, -0.25) is 9.59 Å². The van der Waals surface area contributed by atoms with E-state index in [-0.39, 0.29) is 28.9 Å². The number of pyridine rings is 1. The van der Waals surface area contributed by atoms with E-state index in [0.29, 0.717) is 25.1 Å². The summed E-state index contributed by atoms with van der Waals surface area (Å²) in [6.45, 7) is 0.488. The quantitative estimate of drug-likeness (QED) is 0.780. The number of nitrogens with two attached hydrogens (primary N) is 1. The van der Waals surface area contributed by atoms with Crippen LogP contribution in [0.3, 0.4) is 0 Å². The Labute approximate surface area is 169 Å². The number of halogens is 4. The van der Waals surface area contributed by atoms with E-state index in [1.807, 2.05) is 0 Å². The van der Waals surface area contributed by atoms with E-state index in [4.69, 9.17) is 17.3 Å². The molecule has 1 aliphatic rings. The summed E-state index contributed by atoms with van der Waals surface area (Å²) < 4.78 is 39.8. The molecule has 0 spiro atoms. The van der Waals surface area contributed by atoms with Gasteiger partial charge in [-0.25, -0.2) is 4.98 Å². The number of carbonyl (C=O) groups excluding carboxylic acids is 2. The maximum Gasteiger partial charge on any atom is 0.419 e. The number of amides is 2. The number of alkyl halides is 3. The monoisotopic (exact) mass is 426 g/mol. The van der Waals surface area contributed by atoms with Crippen LogP contribution in [-0.2, 0) is 11.0 Å². The first-order valence-electron chi connectivity index (χ1n) is 8.84. The predicted octanol–water partition coefficient (Wildman–Crippen LogP) is 3.71. The van der Waals surface area contributed by atoms with Gasteiger partial charge in [0.15, 0.2) is 0 Å².